The number of hydrogen-bond acceptors (Lipinski definition) is 4. The van der Waals surface area contributed by atoms with E-state index >= 15 is 0 Å². The zero-order valence-electron chi connectivity index (χ0n) is 7.43. The van der Waals surface area contributed by atoms with Gasteiger partial charge in [0.1, 0.15) is 0 Å². The maximum atomic E-state index is 10.9. The van der Waals surface area contributed by atoms with E-state index in [0.29, 0.717) is 12.5 Å². The first kappa shape index (κ1) is 9.39. The minimum absolute atomic E-state index is 0.00437. The van der Waals surface area contributed by atoms with Gasteiger partial charge in [-0.3, -0.25) is 0 Å². The summed E-state index contributed by atoms with van der Waals surface area (Å²) in [6.45, 7) is 0.699. The maximum Gasteiger partial charge on any atom is 0.209 e. The third-order valence-corrected chi connectivity index (χ3v) is 3.50. The molecule has 13 heavy (non-hydrogen) atoms. The van der Waals surface area contributed by atoms with Gasteiger partial charge in [0.15, 0.2) is 0 Å². The standard InChI is InChI=1S/C7H14N2O3S/c1-13(10,11)9-6-5(8)4-2-3-12-7(4)6/h4-7,9H,2-3,8H2,1H3. The van der Waals surface area contributed by atoms with Crippen LogP contribution in [0.4, 0.5) is 0 Å². The van der Waals surface area contributed by atoms with Crippen molar-refractivity contribution in [3.05, 3.63) is 0 Å². The van der Waals surface area contributed by atoms with Gasteiger partial charge in [-0.2, -0.15) is 0 Å². The summed E-state index contributed by atoms with van der Waals surface area (Å²) in [6.07, 6.45) is 2.10. The smallest absolute Gasteiger partial charge is 0.209 e. The molecule has 1 heterocycles. The summed E-state index contributed by atoms with van der Waals surface area (Å²) < 4.78 is 29.8. The van der Waals surface area contributed by atoms with Crippen molar-refractivity contribution in [1.29, 1.82) is 0 Å². The summed E-state index contributed by atoms with van der Waals surface area (Å²) in [7, 11) is -3.17. The Kier molecular flexibility index (Phi) is 2.10. The van der Waals surface area contributed by atoms with Crippen molar-refractivity contribution < 1.29 is 13.2 Å². The zero-order valence-corrected chi connectivity index (χ0v) is 8.25. The molecule has 4 unspecified atom stereocenters. The van der Waals surface area contributed by atoms with Crippen molar-refractivity contribution in [2.24, 2.45) is 11.7 Å². The second-order valence-electron chi connectivity index (χ2n) is 3.78. The van der Waals surface area contributed by atoms with Crippen molar-refractivity contribution in [3.63, 3.8) is 0 Å². The Labute approximate surface area is 77.7 Å². The van der Waals surface area contributed by atoms with Gasteiger partial charge in [0, 0.05) is 18.6 Å². The molecular formula is C7H14N2O3S. The minimum atomic E-state index is -3.17. The van der Waals surface area contributed by atoms with Gasteiger partial charge in [-0.05, 0) is 6.42 Å². The fourth-order valence-electron chi connectivity index (χ4n) is 2.14. The third-order valence-electron chi connectivity index (χ3n) is 2.80. The predicted molar refractivity (Wildman–Crippen MR) is 47.6 cm³/mol. The topological polar surface area (TPSA) is 81.4 Å². The molecule has 3 N–H and O–H groups in total. The molecule has 5 nitrogen and oxygen atoms in total. The Morgan fingerprint density at radius 3 is 2.85 bits per heavy atom. The highest BCUT2D eigenvalue weighted by Crippen LogP contribution is 2.37. The van der Waals surface area contributed by atoms with E-state index in [2.05, 4.69) is 4.72 Å². The Morgan fingerprint density at radius 1 is 1.54 bits per heavy atom. The van der Waals surface area contributed by atoms with Crippen LogP contribution in [0.1, 0.15) is 6.42 Å². The van der Waals surface area contributed by atoms with Gasteiger partial charge >= 0.3 is 0 Å². The molecule has 0 radical (unpaired) electrons. The number of nitrogens with two attached hydrogens (primary N) is 1. The van der Waals surface area contributed by atoms with Crippen molar-refractivity contribution in [1.82, 2.24) is 4.72 Å². The largest absolute Gasteiger partial charge is 0.376 e. The molecule has 0 bridgehead atoms. The molecule has 0 spiro atoms. The van der Waals surface area contributed by atoms with Crippen LogP contribution in [0.5, 0.6) is 0 Å². The van der Waals surface area contributed by atoms with E-state index in [-0.39, 0.29) is 18.2 Å². The maximum absolute atomic E-state index is 10.9. The highest BCUT2D eigenvalue weighted by molar-refractivity contribution is 7.88. The number of nitrogens with one attached hydrogen (secondary N) is 1. The lowest BCUT2D eigenvalue weighted by molar-refractivity contribution is -0.00917. The van der Waals surface area contributed by atoms with E-state index in [4.69, 9.17) is 10.5 Å². The summed E-state index contributed by atoms with van der Waals surface area (Å²) >= 11 is 0. The molecule has 1 saturated carbocycles. The predicted octanol–water partition coefficient (Wildman–Crippen LogP) is -1.35. The summed E-state index contributed by atoms with van der Waals surface area (Å²) in [5.74, 6) is 0.347. The number of sulfonamides is 1. The van der Waals surface area contributed by atoms with Gasteiger partial charge in [0.05, 0.1) is 18.4 Å². The fourth-order valence-corrected chi connectivity index (χ4v) is 2.93. The van der Waals surface area contributed by atoms with E-state index in [0.717, 1.165) is 12.7 Å². The first-order chi connectivity index (χ1) is 5.99. The van der Waals surface area contributed by atoms with E-state index in [9.17, 15) is 8.42 Å². The first-order valence-electron chi connectivity index (χ1n) is 4.33. The monoisotopic (exact) mass is 206 g/mol. The third kappa shape index (κ3) is 1.59. The van der Waals surface area contributed by atoms with Crippen LogP contribution in [0, 0.1) is 5.92 Å². The molecule has 2 aliphatic rings. The normalized spacial score (nSPS) is 44.2. The van der Waals surface area contributed by atoms with Crippen LogP contribution < -0.4 is 10.5 Å². The number of hydrogen-bond donors (Lipinski definition) is 2. The molecule has 4 atom stereocenters. The average molecular weight is 206 g/mol. The quantitative estimate of drug-likeness (QED) is 0.585. The highest BCUT2D eigenvalue weighted by atomic mass is 32.2. The molecule has 1 aliphatic heterocycles. The number of rotatable bonds is 2. The van der Waals surface area contributed by atoms with E-state index in [1.807, 2.05) is 0 Å². The van der Waals surface area contributed by atoms with Gasteiger partial charge in [0.25, 0.3) is 0 Å². The second-order valence-corrected chi connectivity index (χ2v) is 5.56. The van der Waals surface area contributed by atoms with Gasteiger partial charge in [0.2, 0.25) is 10.0 Å². The van der Waals surface area contributed by atoms with Gasteiger partial charge in [-0.1, -0.05) is 0 Å². The van der Waals surface area contributed by atoms with Crippen LogP contribution in [0.2, 0.25) is 0 Å². The van der Waals surface area contributed by atoms with Crippen molar-refractivity contribution in [2.45, 2.75) is 24.6 Å². The molecule has 0 aromatic carbocycles. The summed E-state index contributed by atoms with van der Waals surface area (Å²) in [6, 6.07) is -0.301. The Bertz CT molecular complexity index is 303. The molecule has 0 amide bonds. The average Bonchev–Trinajstić information content (AvgIpc) is 2.42. The molecule has 0 aromatic heterocycles. The lowest BCUT2D eigenvalue weighted by Gasteiger charge is -2.45. The van der Waals surface area contributed by atoms with Crippen molar-refractivity contribution in [3.8, 4) is 0 Å². The Balaban J connectivity index is 2.02. The molecule has 2 fully saturated rings. The van der Waals surface area contributed by atoms with E-state index in [1.165, 1.54) is 0 Å². The first-order valence-corrected chi connectivity index (χ1v) is 6.23. The molecule has 2 rings (SSSR count). The molecular weight excluding hydrogens is 192 g/mol. The zero-order chi connectivity index (χ0) is 9.64. The minimum Gasteiger partial charge on any atom is -0.376 e. The number of ether oxygens (including phenoxy) is 1. The van der Waals surface area contributed by atoms with Gasteiger partial charge in [-0.25, -0.2) is 13.1 Å². The lowest BCUT2D eigenvalue weighted by Crippen LogP contribution is -2.68. The molecule has 6 heteroatoms. The fraction of sp³-hybridized carbons (Fsp3) is 1.00. The summed E-state index contributed by atoms with van der Waals surface area (Å²) in [4.78, 5) is 0. The summed E-state index contributed by atoms with van der Waals surface area (Å²) in [5.41, 5.74) is 5.81. The van der Waals surface area contributed by atoms with Crippen molar-refractivity contribution in [2.75, 3.05) is 12.9 Å². The number of fused-ring (bicyclic) bond motifs is 1. The van der Waals surface area contributed by atoms with Crippen LogP contribution in [0.3, 0.4) is 0 Å². The Hall–Kier alpha value is -0.170. The van der Waals surface area contributed by atoms with Crippen LogP contribution in [0.25, 0.3) is 0 Å². The van der Waals surface area contributed by atoms with E-state index in [1.54, 1.807) is 0 Å². The van der Waals surface area contributed by atoms with Crippen molar-refractivity contribution >= 4 is 10.0 Å². The SMILES string of the molecule is CS(=O)(=O)NC1C(N)C2CCOC21. The van der Waals surface area contributed by atoms with Gasteiger partial charge < -0.3 is 10.5 Å². The molecule has 0 aromatic rings. The summed E-state index contributed by atoms with van der Waals surface area (Å²) in [5, 5.41) is 0. The van der Waals surface area contributed by atoms with Crippen LogP contribution in [-0.4, -0.2) is 39.5 Å². The molecule has 1 aliphatic carbocycles. The van der Waals surface area contributed by atoms with Gasteiger partial charge in [-0.15, -0.1) is 0 Å². The van der Waals surface area contributed by atoms with Crippen LogP contribution in [-0.2, 0) is 14.8 Å². The van der Waals surface area contributed by atoms with E-state index < -0.39 is 10.0 Å². The lowest BCUT2D eigenvalue weighted by atomic mass is 9.73. The second kappa shape index (κ2) is 2.91. The Morgan fingerprint density at radius 2 is 2.23 bits per heavy atom. The highest BCUT2D eigenvalue weighted by Gasteiger charge is 2.52. The molecule has 76 valence electrons. The van der Waals surface area contributed by atoms with Crippen LogP contribution in [0.15, 0.2) is 0 Å². The van der Waals surface area contributed by atoms with Crippen LogP contribution >= 0.6 is 0 Å². The molecule has 1 saturated heterocycles.